The molecule has 1 aromatic rings. The minimum absolute atomic E-state index is 0.0653. The second-order valence-corrected chi connectivity index (χ2v) is 5.09. The fourth-order valence-electron chi connectivity index (χ4n) is 2.28. The molecule has 0 heterocycles. The van der Waals surface area contributed by atoms with Crippen LogP contribution in [-0.2, 0) is 4.79 Å². The number of nitrogens with one attached hydrogen (secondary N) is 1. The van der Waals surface area contributed by atoms with Crippen molar-refractivity contribution in [3.05, 3.63) is 30.3 Å². The molecule has 2 unspecified atom stereocenters. The van der Waals surface area contributed by atoms with Gasteiger partial charge in [0.25, 0.3) is 0 Å². The lowest BCUT2D eigenvalue weighted by Crippen LogP contribution is -2.42. The van der Waals surface area contributed by atoms with Crippen molar-refractivity contribution < 1.29 is 14.7 Å². The first-order chi connectivity index (χ1) is 9.61. The molecular formula is C15H20N2O3. The standard InChI is InChI=1S/C15H20N2O3/c1-2-11-10-13(11)16-15(20)17(9-8-14(18)19)12-6-4-3-5-7-12/h3-7,11,13H,2,8-10H2,1H3,(H,16,20)(H,18,19). The van der Waals surface area contributed by atoms with E-state index in [2.05, 4.69) is 12.2 Å². The van der Waals surface area contributed by atoms with E-state index in [1.165, 1.54) is 4.90 Å². The first kappa shape index (κ1) is 14.4. The molecule has 0 radical (unpaired) electrons. The molecule has 0 spiro atoms. The number of benzene rings is 1. The Labute approximate surface area is 118 Å². The molecule has 1 aliphatic rings. The fraction of sp³-hybridized carbons (Fsp3) is 0.467. The highest BCUT2D eigenvalue weighted by Gasteiger charge is 2.37. The Hall–Kier alpha value is -2.04. The summed E-state index contributed by atoms with van der Waals surface area (Å²) in [5, 5.41) is 11.8. The van der Waals surface area contributed by atoms with Gasteiger partial charge in [0.05, 0.1) is 6.42 Å². The van der Waals surface area contributed by atoms with Gasteiger partial charge < -0.3 is 10.4 Å². The fourth-order valence-corrected chi connectivity index (χ4v) is 2.28. The maximum Gasteiger partial charge on any atom is 0.322 e. The quantitative estimate of drug-likeness (QED) is 0.838. The smallest absolute Gasteiger partial charge is 0.322 e. The number of anilines is 1. The number of urea groups is 1. The largest absolute Gasteiger partial charge is 0.481 e. The van der Waals surface area contributed by atoms with Crippen LogP contribution in [0, 0.1) is 5.92 Å². The number of carboxylic acids is 1. The third kappa shape index (κ3) is 3.73. The van der Waals surface area contributed by atoms with E-state index in [-0.39, 0.29) is 25.0 Å². The number of carbonyl (C=O) groups is 2. The van der Waals surface area contributed by atoms with Crippen LogP contribution in [-0.4, -0.2) is 29.7 Å². The van der Waals surface area contributed by atoms with Crippen LogP contribution in [0.4, 0.5) is 10.5 Å². The molecule has 0 bridgehead atoms. The van der Waals surface area contributed by atoms with Gasteiger partial charge in [-0.2, -0.15) is 0 Å². The van der Waals surface area contributed by atoms with Crippen molar-refractivity contribution in [3.8, 4) is 0 Å². The Balaban J connectivity index is 2.02. The van der Waals surface area contributed by atoms with Gasteiger partial charge in [0.15, 0.2) is 0 Å². The number of amides is 2. The van der Waals surface area contributed by atoms with Crippen LogP contribution in [0.25, 0.3) is 0 Å². The van der Waals surface area contributed by atoms with Gasteiger partial charge in [-0.25, -0.2) is 4.79 Å². The predicted molar refractivity (Wildman–Crippen MR) is 76.8 cm³/mol. The van der Waals surface area contributed by atoms with E-state index < -0.39 is 5.97 Å². The van der Waals surface area contributed by atoms with Gasteiger partial charge in [0.2, 0.25) is 0 Å². The molecule has 1 aromatic carbocycles. The van der Waals surface area contributed by atoms with E-state index in [1.54, 1.807) is 0 Å². The molecule has 2 rings (SSSR count). The van der Waals surface area contributed by atoms with Crippen LogP contribution >= 0.6 is 0 Å². The number of aliphatic carboxylic acids is 1. The SMILES string of the molecule is CCC1CC1NC(=O)N(CCC(=O)O)c1ccccc1. The van der Waals surface area contributed by atoms with Crippen LogP contribution in [0.3, 0.4) is 0 Å². The summed E-state index contributed by atoms with van der Waals surface area (Å²) < 4.78 is 0. The molecule has 0 saturated heterocycles. The molecule has 2 N–H and O–H groups in total. The van der Waals surface area contributed by atoms with Gasteiger partial charge in [0, 0.05) is 18.3 Å². The van der Waals surface area contributed by atoms with E-state index in [4.69, 9.17) is 5.11 Å². The van der Waals surface area contributed by atoms with Gasteiger partial charge in [-0.05, 0) is 24.5 Å². The summed E-state index contributed by atoms with van der Waals surface area (Å²) in [5.41, 5.74) is 0.722. The van der Waals surface area contributed by atoms with E-state index in [9.17, 15) is 9.59 Å². The summed E-state index contributed by atoms with van der Waals surface area (Å²) in [7, 11) is 0. The van der Waals surface area contributed by atoms with Gasteiger partial charge in [-0.15, -0.1) is 0 Å². The van der Waals surface area contributed by atoms with Crippen molar-refractivity contribution in [2.24, 2.45) is 5.92 Å². The molecule has 2 atom stereocenters. The minimum Gasteiger partial charge on any atom is -0.481 e. The average Bonchev–Trinajstić information content (AvgIpc) is 3.18. The van der Waals surface area contributed by atoms with Crippen LogP contribution in [0.1, 0.15) is 26.2 Å². The van der Waals surface area contributed by atoms with E-state index in [1.807, 2.05) is 30.3 Å². The van der Waals surface area contributed by atoms with Crippen molar-refractivity contribution in [2.75, 3.05) is 11.4 Å². The first-order valence-electron chi connectivity index (χ1n) is 6.96. The van der Waals surface area contributed by atoms with Gasteiger partial charge >= 0.3 is 12.0 Å². The Morgan fingerprint density at radius 3 is 2.60 bits per heavy atom. The van der Waals surface area contributed by atoms with Crippen molar-refractivity contribution in [1.82, 2.24) is 5.32 Å². The topological polar surface area (TPSA) is 69.6 Å². The Bertz CT molecular complexity index is 475. The highest BCUT2D eigenvalue weighted by Crippen LogP contribution is 2.33. The summed E-state index contributed by atoms with van der Waals surface area (Å²) in [4.78, 5) is 24.5. The first-order valence-corrected chi connectivity index (χ1v) is 6.96. The molecule has 0 aliphatic heterocycles. The normalized spacial score (nSPS) is 20.2. The summed E-state index contributed by atoms with van der Waals surface area (Å²) in [6, 6.07) is 9.19. The summed E-state index contributed by atoms with van der Waals surface area (Å²) in [6.07, 6.45) is 2.01. The monoisotopic (exact) mass is 276 g/mol. The number of para-hydroxylation sites is 1. The second-order valence-electron chi connectivity index (χ2n) is 5.09. The minimum atomic E-state index is -0.906. The van der Waals surface area contributed by atoms with E-state index in [0.29, 0.717) is 5.92 Å². The molecule has 108 valence electrons. The predicted octanol–water partition coefficient (Wildman–Crippen LogP) is 2.48. The van der Waals surface area contributed by atoms with E-state index in [0.717, 1.165) is 18.5 Å². The van der Waals surface area contributed by atoms with Gasteiger partial charge in [-0.3, -0.25) is 9.69 Å². The van der Waals surface area contributed by atoms with Crippen molar-refractivity contribution in [2.45, 2.75) is 32.2 Å². The molecule has 1 fully saturated rings. The third-order valence-corrected chi connectivity index (χ3v) is 3.62. The zero-order chi connectivity index (χ0) is 14.5. The van der Waals surface area contributed by atoms with Gasteiger partial charge in [-0.1, -0.05) is 31.5 Å². The number of nitrogens with zero attached hydrogens (tertiary/aromatic N) is 1. The van der Waals surface area contributed by atoms with Crippen LogP contribution in [0.2, 0.25) is 0 Å². The van der Waals surface area contributed by atoms with Crippen LogP contribution in [0.15, 0.2) is 30.3 Å². The number of hydrogen-bond donors (Lipinski definition) is 2. The van der Waals surface area contributed by atoms with Crippen molar-refractivity contribution >= 4 is 17.7 Å². The number of carboxylic acid groups (broad SMARTS) is 1. The lowest BCUT2D eigenvalue weighted by molar-refractivity contribution is -0.136. The third-order valence-electron chi connectivity index (χ3n) is 3.62. The van der Waals surface area contributed by atoms with Crippen molar-refractivity contribution in [1.29, 1.82) is 0 Å². The van der Waals surface area contributed by atoms with Crippen LogP contribution < -0.4 is 10.2 Å². The zero-order valence-corrected chi connectivity index (χ0v) is 11.6. The van der Waals surface area contributed by atoms with Crippen LogP contribution in [0.5, 0.6) is 0 Å². The highest BCUT2D eigenvalue weighted by atomic mass is 16.4. The molecule has 5 heteroatoms. The Morgan fingerprint density at radius 2 is 2.05 bits per heavy atom. The maximum atomic E-state index is 12.3. The zero-order valence-electron chi connectivity index (χ0n) is 11.6. The number of rotatable bonds is 6. The van der Waals surface area contributed by atoms with E-state index >= 15 is 0 Å². The second kappa shape index (κ2) is 6.41. The number of carbonyl (C=O) groups excluding carboxylic acids is 1. The molecule has 1 saturated carbocycles. The number of hydrogen-bond acceptors (Lipinski definition) is 2. The molecule has 2 amide bonds. The summed E-state index contributed by atoms with van der Waals surface area (Å²) in [5.74, 6) is -0.340. The lowest BCUT2D eigenvalue weighted by Gasteiger charge is -2.22. The van der Waals surface area contributed by atoms with Crippen molar-refractivity contribution in [3.63, 3.8) is 0 Å². The lowest BCUT2D eigenvalue weighted by atomic mass is 10.2. The Kier molecular flexibility index (Phi) is 4.61. The molecule has 0 aromatic heterocycles. The molecule has 5 nitrogen and oxygen atoms in total. The average molecular weight is 276 g/mol. The summed E-state index contributed by atoms with van der Waals surface area (Å²) >= 11 is 0. The molecular weight excluding hydrogens is 256 g/mol. The summed E-state index contributed by atoms with van der Waals surface area (Å²) in [6.45, 7) is 2.28. The molecule has 1 aliphatic carbocycles. The maximum absolute atomic E-state index is 12.3. The molecule has 20 heavy (non-hydrogen) atoms. The van der Waals surface area contributed by atoms with Gasteiger partial charge in [0.1, 0.15) is 0 Å². The highest BCUT2D eigenvalue weighted by molar-refractivity contribution is 5.92. The Morgan fingerprint density at radius 1 is 1.35 bits per heavy atom.